The lowest BCUT2D eigenvalue weighted by molar-refractivity contribution is -0.137. The van der Waals surface area contributed by atoms with Gasteiger partial charge in [-0.1, -0.05) is 0 Å². The van der Waals surface area contributed by atoms with Gasteiger partial charge in [0, 0.05) is 11.4 Å². The third-order valence-electron chi connectivity index (χ3n) is 5.17. The van der Waals surface area contributed by atoms with Crippen LogP contribution in [0.3, 0.4) is 0 Å². The molecule has 7 heteroatoms. The van der Waals surface area contributed by atoms with E-state index >= 15 is 0 Å². The predicted molar refractivity (Wildman–Crippen MR) is 85.2 cm³/mol. The second-order valence-corrected chi connectivity index (χ2v) is 7.60. The van der Waals surface area contributed by atoms with Crippen LogP contribution in [-0.4, -0.2) is 41.4 Å². The molecule has 1 aliphatic carbocycles. The number of thiophene rings is 1. The van der Waals surface area contributed by atoms with Gasteiger partial charge in [0.15, 0.2) is 0 Å². The average molecular weight is 333 g/mol. The molecule has 3 heterocycles. The second-order valence-electron chi connectivity index (χ2n) is 6.60. The molecule has 122 valence electrons. The number of carbonyl (C=O) groups is 3. The molecular weight excluding hydrogens is 314 g/mol. The molecule has 0 bridgehead atoms. The first kappa shape index (κ1) is 14.7. The molecule has 2 N–H and O–H groups in total. The topological polar surface area (TPSA) is 78.5 Å². The Labute approximate surface area is 138 Å². The van der Waals surface area contributed by atoms with E-state index in [0.29, 0.717) is 13.0 Å². The number of amides is 4. The lowest BCUT2D eigenvalue weighted by atomic mass is 9.84. The fourth-order valence-corrected chi connectivity index (χ4v) is 5.01. The minimum atomic E-state index is -0.933. The van der Waals surface area contributed by atoms with Crippen molar-refractivity contribution in [3.8, 4) is 0 Å². The lowest BCUT2D eigenvalue weighted by Gasteiger charge is -2.40. The molecule has 2 fully saturated rings. The van der Waals surface area contributed by atoms with Crippen LogP contribution >= 0.6 is 11.3 Å². The van der Waals surface area contributed by atoms with Gasteiger partial charge in [0.25, 0.3) is 5.91 Å². The number of fused-ring (bicyclic) bond motifs is 1. The quantitative estimate of drug-likeness (QED) is 0.762. The highest BCUT2D eigenvalue weighted by Crippen LogP contribution is 2.37. The van der Waals surface area contributed by atoms with Crippen molar-refractivity contribution in [2.75, 3.05) is 13.1 Å². The Kier molecular flexibility index (Phi) is 3.41. The first-order valence-electron chi connectivity index (χ1n) is 8.08. The normalized spacial score (nSPS) is 30.1. The molecule has 4 amide bonds. The van der Waals surface area contributed by atoms with E-state index in [1.54, 1.807) is 16.2 Å². The fraction of sp³-hybridized carbons (Fsp3) is 0.562. The number of likely N-dealkylation sites (tertiary alicyclic amines) is 1. The Balaban J connectivity index is 1.56. The number of carbonyl (C=O) groups excluding carboxylic acids is 3. The van der Waals surface area contributed by atoms with Crippen LogP contribution in [0.5, 0.6) is 0 Å². The zero-order valence-electron chi connectivity index (χ0n) is 12.8. The number of imide groups is 1. The van der Waals surface area contributed by atoms with Gasteiger partial charge in [0.2, 0.25) is 5.91 Å². The van der Waals surface area contributed by atoms with E-state index in [4.69, 9.17) is 0 Å². The van der Waals surface area contributed by atoms with Crippen molar-refractivity contribution < 1.29 is 14.4 Å². The molecule has 4 rings (SSSR count). The lowest BCUT2D eigenvalue weighted by Crippen LogP contribution is -2.60. The molecule has 1 aromatic heterocycles. The summed E-state index contributed by atoms with van der Waals surface area (Å²) in [5, 5.41) is 7.09. The van der Waals surface area contributed by atoms with Crippen molar-refractivity contribution in [3.63, 3.8) is 0 Å². The van der Waals surface area contributed by atoms with Crippen molar-refractivity contribution in [2.24, 2.45) is 0 Å². The van der Waals surface area contributed by atoms with Crippen LogP contribution in [-0.2, 0) is 16.0 Å². The number of nitrogens with one attached hydrogen (secondary N) is 2. The van der Waals surface area contributed by atoms with Crippen molar-refractivity contribution in [1.29, 1.82) is 0 Å². The summed E-state index contributed by atoms with van der Waals surface area (Å²) >= 11 is 1.72. The van der Waals surface area contributed by atoms with Crippen LogP contribution in [0.25, 0.3) is 0 Å². The zero-order chi connectivity index (χ0) is 16.0. The third-order valence-corrected chi connectivity index (χ3v) is 6.17. The van der Waals surface area contributed by atoms with Crippen molar-refractivity contribution in [3.05, 3.63) is 21.9 Å². The maximum Gasteiger partial charge on any atom is 0.322 e. The number of urea groups is 1. The zero-order valence-corrected chi connectivity index (χ0v) is 13.6. The maximum absolute atomic E-state index is 13.0. The summed E-state index contributed by atoms with van der Waals surface area (Å²) in [6.45, 7) is 0.930. The number of rotatable bonds is 1. The summed E-state index contributed by atoms with van der Waals surface area (Å²) in [5.41, 5.74) is 0.225. The molecule has 1 spiro atoms. The summed E-state index contributed by atoms with van der Waals surface area (Å²) in [6.07, 6.45) is 4.26. The standard InChI is InChI=1S/C16H19N3O3S/c20-13(11-3-1-4-12-10(11)5-8-23-12)19-7-2-6-16(9-19)14(21)17-15(22)18-16/h5,8,11H,1-4,6-7,9H2,(H2,17,18,21,22). The molecule has 0 aromatic carbocycles. The van der Waals surface area contributed by atoms with E-state index < -0.39 is 11.6 Å². The average Bonchev–Trinajstić information content (AvgIpc) is 3.11. The summed E-state index contributed by atoms with van der Waals surface area (Å²) in [5.74, 6) is -0.308. The van der Waals surface area contributed by atoms with Gasteiger partial charge in [-0.2, -0.15) is 0 Å². The fourth-order valence-electron chi connectivity index (χ4n) is 4.02. The highest BCUT2D eigenvalue weighted by atomic mass is 32.1. The Hall–Kier alpha value is -1.89. The van der Waals surface area contributed by atoms with Crippen LogP contribution in [0.2, 0.25) is 0 Å². The van der Waals surface area contributed by atoms with Gasteiger partial charge < -0.3 is 10.2 Å². The van der Waals surface area contributed by atoms with Gasteiger partial charge in [-0.05, 0) is 49.1 Å². The van der Waals surface area contributed by atoms with Crippen molar-refractivity contribution >= 4 is 29.2 Å². The molecule has 0 saturated carbocycles. The summed E-state index contributed by atoms with van der Waals surface area (Å²) < 4.78 is 0. The highest BCUT2D eigenvalue weighted by molar-refractivity contribution is 7.10. The van der Waals surface area contributed by atoms with E-state index in [1.165, 1.54) is 4.88 Å². The third kappa shape index (κ3) is 2.34. The van der Waals surface area contributed by atoms with Crippen LogP contribution in [0.15, 0.2) is 11.4 Å². The number of aryl methyl sites for hydroxylation is 1. The van der Waals surface area contributed by atoms with E-state index in [-0.39, 0.29) is 24.3 Å². The molecule has 2 saturated heterocycles. The Morgan fingerprint density at radius 2 is 2.22 bits per heavy atom. The Bertz CT molecular complexity index is 686. The molecule has 0 radical (unpaired) electrons. The molecule has 2 unspecified atom stereocenters. The number of piperidine rings is 1. The van der Waals surface area contributed by atoms with E-state index in [9.17, 15) is 14.4 Å². The Morgan fingerprint density at radius 3 is 3.00 bits per heavy atom. The molecular formula is C16H19N3O3S. The largest absolute Gasteiger partial charge is 0.339 e. The summed E-state index contributed by atoms with van der Waals surface area (Å²) in [6, 6.07) is 1.60. The van der Waals surface area contributed by atoms with Crippen LogP contribution in [0, 0.1) is 0 Å². The van der Waals surface area contributed by atoms with E-state index in [2.05, 4.69) is 22.1 Å². The molecule has 6 nitrogen and oxygen atoms in total. The van der Waals surface area contributed by atoms with Crippen molar-refractivity contribution in [2.45, 2.75) is 43.6 Å². The minimum absolute atomic E-state index is 0.0948. The van der Waals surface area contributed by atoms with Gasteiger partial charge in [-0.15, -0.1) is 11.3 Å². The molecule has 2 aliphatic heterocycles. The SMILES string of the molecule is O=C1NC(=O)C2(CCCN(C(=O)C3CCCc4sccc43)C2)N1. The van der Waals surface area contributed by atoms with Gasteiger partial charge >= 0.3 is 6.03 Å². The van der Waals surface area contributed by atoms with Crippen LogP contribution < -0.4 is 10.6 Å². The van der Waals surface area contributed by atoms with Gasteiger partial charge in [0.05, 0.1) is 12.5 Å². The monoisotopic (exact) mass is 333 g/mol. The molecule has 2 atom stereocenters. The Morgan fingerprint density at radius 1 is 1.35 bits per heavy atom. The maximum atomic E-state index is 13.0. The number of hydrogen-bond acceptors (Lipinski definition) is 4. The molecule has 23 heavy (non-hydrogen) atoms. The summed E-state index contributed by atoms with van der Waals surface area (Å²) in [4.78, 5) is 39.7. The van der Waals surface area contributed by atoms with Crippen LogP contribution in [0.4, 0.5) is 4.79 Å². The van der Waals surface area contributed by atoms with Gasteiger partial charge in [0.1, 0.15) is 5.54 Å². The number of hydrogen-bond donors (Lipinski definition) is 2. The van der Waals surface area contributed by atoms with Crippen LogP contribution in [0.1, 0.15) is 42.0 Å². The molecule has 1 aromatic rings. The second kappa shape index (κ2) is 5.33. The van der Waals surface area contributed by atoms with E-state index in [0.717, 1.165) is 31.2 Å². The smallest absolute Gasteiger partial charge is 0.322 e. The highest BCUT2D eigenvalue weighted by Gasteiger charge is 2.50. The molecule has 3 aliphatic rings. The van der Waals surface area contributed by atoms with Gasteiger partial charge in [-0.25, -0.2) is 4.79 Å². The summed E-state index contributed by atoms with van der Waals surface area (Å²) in [7, 11) is 0. The van der Waals surface area contributed by atoms with E-state index in [1.807, 2.05) is 0 Å². The first-order chi connectivity index (χ1) is 11.1. The number of nitrogens with zero attached hydrogens (tertiary/aromatic N) is 1. The first-order valence-corrected chi connectivity index (χ1v) is 8.96. The predicted octanol–water partition coefficient (Wildman–Crippen LogP) is 1.37. The minimum Gasteiger partial charge on any atom is -0.339 e. The van der Waals surface area contributed by atoms with Gasteiger partial charge in [-0.3, -0.25) is 14.9 Å². The van der Waals surface area contributed by atoms with Crippen molar-refractivity contribution in [1.82, 2.24) is 15.5 Å².